The van der Waals surface area contributed by atoms with E-state index in [1.54, 1.807) is 7.11 Å². The highest BCUT2D eigenvalue weighted by Crippen LogP contribution is 2.21. The Morgan fingerprint density at radius 2 is 2.37 bits per heavy atom. The molecular weight excluding hydrogens is 246 g/mol. The van der Waals surface area contributed by atoms with Crippen LogP contribution in [0.15, 0.2) is 24.3 Å². The molecule has 0 amide bonds. The van der Waals surface area contributed by atoms with E-state index in [4.69, 9.17) is 9.47 Å². The number of morpholine rings is 1. The highest BCUT2D eigenvalue weighted by Gasteiger charge is 2.24. The molecule has 2 N–H and O–H groups in total. The molecule has 2 unspecified atom stereocenters. The molecule has 1 fully saturated rings. The number of rotatable bonds is 5. The Labute approximate surface area is 113 Å². The molecule has 1 aromatic carbocycles. The zero-order valence-corrected chi connectivity index (χ0v) is 11.2. The lowest BCUT2D eigenvalue weighted by molar-refractivity contribution is -0.0437. The van der Waals surface area contributed by atoms with E-state index in [1.165, 1.54) is 0 Å². The second-order valence-electron chi connectivity index (χ2n) is 4.70. The summed E-state index contributed by atoms with van der Waals surface area (Å²) in [5.74, 6) is 0.734. The summed E-state index contributed by atoms with van der Waals surface area (Å²) in [4.78, 5) is 2.06. The van der Waals surface area contributed by atoms with Gasteiger partial charge in [0.2, 0.25) is 0 Å². The van der Waals surface area contributed by atoms with Gasteiger partial charge in [-0.1, -0.05) is 12.1 Å². The average molecular weight is 267 g/mol. The number of aliphatic hydroxyl groups excluding tert-OH is 2. The van der Waals surface area contributed by atoms with Gasteiger partial charge in [-0.2, -0.15) is 0 Å². The lowest BCUT2D eigenvalue weighted by Crippen LogP contribution is -2.48. The van der Waals surface area contributed by atoms with E-state index in [9.17, 15) is 10.2 Å². The summed E-state index contributed by atoms with van der Waals surface area (Å²) < 4.78 is 10.5. The SMILES string of the molecule is COc1cccc(C(O)CN2CCOCC2CO)c1. The first-order valence-corrected chi connectivity index (χ1v) is 6.49. The molecule has 1 aliphatic heterocycles. The molecule has 106 valence electrons. The molecule has 2 rings (SSSR count). The molecule has 1 aliphatic rings. The Hall–Kier alpha value is -1.14. The van der Waals surface area contributed by atoms with E-state index in [2.05, 4.69) is 4.90 Å². The van der Waals surface area contributed by atoms with Crippen LogP contribution in [-0.4, -0.2) is 61.2 Å². The molecule has 0 spiro atoms. The normalized spacial score (nSPS) is 22.2. The smallest absolute Gasteiger partial charge is 0.119 e. The van der Waals surface area contributed by atoms with Crippen molar-refractivity contribution in [2.45, 2.75) is 12.1 Å². The lowest BCUT2D eigenvalue weighted by Gasteiger charge is -2.35. The molecule has 19 heavy (non-hydrogen) atoms. The van der Waals surface area contributed by atoms with Gasteiger partial charge in [0.1, 0.15) is 5.75 Å². The molecule has 0 aromatic heterocycles. The van der Waals surface area contributed by atoms with Crippen molar-refractivity contribution in [2.75, 3.05) is 40.0 Å². The van der Waals surface area contributed by atoms with Crippen molar-refractivity contribution in [3.05, 3.63) is 29.8 Å². The maximum absolute atomic E-state index is 10.3. The number of hydrogen-bond acceptors (Lipinski definition) is 5. The third kappa shape index (κ3) is 3.67. The van der Waals surface area contributed by atoms with Crippen molar-refractivity contribution in [3.8, 4) is 5.75 Å². The highest BCUT2D eigenvalue weighted by molar-refractivity contribution is 5.29. The number of β-amino-alcohol motifs (C(OH)–C–C–N with tert-alkyl or cyclic N) is 1. The van der Waals surface area contributed by atoms with Gasteiger partial charge in [0.05, 0.1) is 39.1 Å². The molecule has 5 heteroatoms. The van der Waals surface area contributed by atoms with Crippen molar-refractivity contribution in [1.82, 2.24) is 4.90 Å². The third-order valence-corrected chi connectivity index (χ3v) is 3.45. The Balaban J connectivity index is 2.00. The van der Waals surface area contributed by atoms with E-state index >= 15 is 0 Å². The van der Waals surface area contributed by atoms with Gasteiger partial charge in [-0.25, -0.2) is 0 Å². The van der Waals surface area contributed by atoms with Gasteiger partial charge in [0.15, 0.2) is 0 Å². The van der Waals surface area contributed by atoms with Gasteiger partial charge < -0.3 is 19.7 Å². The van der Waals surface area contributed by atoms with E-state index in [0.717, 1.165) is 17.9 Å². The fourth-order valence-corrected chi connectivity index (χ4v) is 2.27. The maximum Gasteiger partial charge on any atom is 0.119 e. The molecule has 1 saturated heterocycles. The summed E-state index contributed by atoms with van der Waals surface area (Å²) in [6.45, 7) is 2.42. The number of hydrogen-bond donors (Lipinski definition) is 2. The fraction of sp³-hybridized carbons (Fsp3) is 0.571. The quantitative estimate of drug-likeness (QED) is 0.809. The first kappa shape index (κ1) is 14.3. The van der Waals surface area contributed by atoms with Gasteiger partial charge in [0.25, 0.3) is 0 Å². The third-order valence-electron chi connectivity index (χ3n) is 3.45. The van der Waals surface area contributed by atoms with Crippen molar-refractivity contribution in [2.24, 2.45) is 0 Å². The van der Waals surface area contributed by atoms with Gasteiger partial charge in [0, 0.05) is 13.1 Å². The van der Waals surface area contributed by atoms with Crippen LogP contribution in [-0.2, 0) is 4.74 Å². The molecule has 0 saturated carbocycles. The van der Waals surface area contributed by atoms with Crippen LogP contribution in [0.25, 0.3) is 0 Å². The minimum absolute atomic E-state index is 0.0333. The highest BCUT2D eigenvalue weighted by atomic mass is 16.5. The predicted molar refractivity (Wildman–Crippen MR) is 71.2 cm³/mol. The summed E-state index contributed by atoms with van der Waals surface area (Å²) >= 11 is 0. The zero-order valence-electron chi connectivity index (χ0n) is 11.2. The van der Waals surface area contributed by atoms with Gasteiger partial charge in [-0.3, -0.25) is 4.90 Å². The zero-order chi connectivity index (χ0) is 13.7. The van der Waals surface area contributed by atoms with Crippen molar-refractivity contribution in [1.29, 1.82) is 0 Å². The fourth-order valence-electron chi connectivity index (χ4n) is 2.27. The van der Waals surface area contributed by atoms with Crippen LogP contribution >= 0.6 is 0 Å². The largest absolute Gasteiger partial charge is 0.497 e. The molecule has 1 heterocycles. The number of benzene rings is 1. The molecule has 0 radical (unpaired) electrons. The number of ether oxygens (including phenoxy) is 2. The average Bonchev–Trinajstić information content (AvgIpc) is 2.47. The Bertz CT molecular complexity index is 399. The molecule has 0 bridgehead atoms. The van der Waals surface area contributed by atoms with E-state index in [-0.39, 0.29) is 12.6 Å². The Morgan fingerprint density at radius 1 is 1.53 bits per heavy atom. The first-order valence-electron chi connectivity index (χ1n) is 6.49. The maximum atomic E-state index is 10.3. The summed E-state index contributed by atoms with van der Waals surface area (Å²) in [6.07, 6.45) is -0.595. The van der Waals surface area contributed by atoms with Crippen molar-refractivity contribution < 1.29 is 19.7 Å². The van der Waals surface area contributed by atoms with Crippen LogP contribution in [0.3, 0.4) is 0 Å². The van der Waals surface area contributed by atoms with Gasteiger partial charge >= 0.3 is 0 Å². The molecule has 2 atom stereocenters. The second-order valence-corrected chi connectivity index (χ2v) is 4.70. The Morgan fingerprint density at radius 3 is 3.11 bits per heavy atom. The van der Waals surface area contributed by atoms with Gasteiger partial charge in [-0.05, 0) is 17.7 Å². The number of nitrogens with zero attached hydrogens (tertiary/aromatic N) is 1. The van der Waals surface area contributed by atoms with Crippen LogP contribution < -0.4 is 4.74 Å². The summed E-state index contributed by atoms with van der Waals surface area (Å²) in [7, 11) is 1.61. The Kier molecular flexibility index (Phi) is 5.15. The summed E-state index contributed by atoms with van der Waals surface area (Å²) in [5, 5.41) is 19.6. The number of aliphatic hydroxyl groups is 2. The molecule has 1 aromatic rings. The minimum atomic E-state index is -0.595. The predicted octanol–water partition coefficient (Wildman–Crippen LogP) is 0.422. The monoisotopic (exact) mass is 267 g/mol. The van der Waals surface area contributed by atoms with E-state index in [0.29, 0.717) is 19.8 Å². The van der Waals surface area contributed by atoms with Gasteiger partial charge in [-0.15, -0.1) is 0 Å². The molecule has 5 nitrogen and oxygen atoms in total. The van der Waals surface area contributed by atoms with Crippen LogP contribution in [0, 0.1) is 0 Å². The summed E-state index contributed by atoms with van der Waals surface area (Å²) in [5.41, 5.74) is 0.822. The van der Waals surface area contributed by atoms with E-state index in [1.807, 2.05) is 24.3 Å². The number of methoxy groups -OCH3 is 1. The summed E-state index contributed by atoms with van der Waals surface area (Å²) in [6, 6.07) is 7.39. The second kappa shape index (κ2) is 6.86. The molecular formula is C14H21NO4. The van der Waals surface area contributed by atoms with Crippen molar-refractivity contribution in [3.63, 3.8) is 0 Å². The van der Waals surface area contributed by atoms with Crippen molar-refractivity contribution >= 4 is 0 Å². The first-order chi connectivity index (χ1) is 9.24. The molecule has 0 aliphatic carbocycles. The van der Waals surface area contributed by atoms with Crippen LogP contribution in [0.5, 0.6) is 5.75 Å². The van der Waals surface area contributed by atoms with Crippen LogP contribution in [0.2, 0.25) is 0 Å². The van der Waals surface area contributed by atoms with E-state index < -0.39 is 6.10 Å². The van der Waals surface area contributed by atoms with Crippen LogP contribution in [0.4, 0.5) is 0 Å². The minimum Gasteiger partial charge on any atom is -0.497 e. The standard InChI is InChI=1S/C14H21NO4/c1-18-13-4-2-3-11(7-13)14(17)8-15-5-6-19-10-12(15)9-16/h2-4,7,12,14,16-17H,5-6,8-10H2,1H3. The van der Waals surface area contributed by atoms with Crippen LogP contribution in [0.1, 0.15) is 11.7 Å². The lowest BCUT2D eigenvalue weighted by atomic mass is 10.1. The topological polar surface area (TPSA) is 62.2 Å².